The summed E-state index contributed by atoms with van der Waals surface area (Å²) < 4.78 is 0. The van der Waals surface area contributed by atoms with E-state index in [1.165, 1.54) is 0 Å². The first-order chi connectivity index (χ1) is 10.3. The van der Waals surface area contributed by atoms with E-state index in [0.29, 0.717) is 6.42 Å². The van der Waals surface area contributed by atoms with Gasteiger partial charge in [-0.2, -0.15) is 0 Å². The smallest absolute Gasteiger partial charge is 0.224 e. The van der Waals surface area contributed by atoms with Crippen LogP contribution in [0, 0.1) is 0 Å². The van der Waals surface area contributed by atoms with Gasteiger partial charge in [0, 0.05) is 24.2 Å². The number of pyridine rings is 2. The highest BCUT2D eigenvalue weighted by atomic mass is 16.1. The summed E-state index contributed by atoms with van der Waals surface area (Å²) in [6, 6.07) is 15.8. The molecule has 3 rings (SSSR count). The molecule has 4 heteroatoms. The van der Waals surface area contributed by atoms with Gasteiger partial charge in [0.15, 0.2) is 5.65 Å². The average Bonchev–Trinajstić information content (AvgIpc) is 2.55. The minimum absolute atomic E-state index is 0.00998. The van der Waals surface area contributed by atoms with Crippen molar-refractivity contribution >= 4 is 16.9 Å². The fourth-order valence-electron chi connectivity index (χ4n) is 2.18. The Kier molecular flexibility index (Phi) is 3.60. The predicted molar refractivity (Wildman–Crippen MR) is 82.7 cm³/mol. The van der Waals surface area contributed by atoms with Gasteiger partial charge in [0.25, 0.3) is 0 Å². The van der Waals surface area contributed by atoms with Crippen molar-refractivity contribution in [2.75, 3.05) is 7.05 Å². The molecule has 0 aliphatic rings. The molecule has 0 fully saturated rings. The molecule has 2 heterocycles. The molecule has 0 aliphatic carbocycles. The Hall–Kier alpha value is -2.75. The third-order valence-corrected chi connectivity index (χ3v) is 3.36. The maximum Gasteiger partial charge on any atom is 0.224 e. The first-order valence-corrected chi connectivity index (χ1v) is 6.78. The summed E-state index contributed by atoms with van der Waals surface area (Å²) in [5.41, 5.74) is 3.62. The van der Waals surface area contributed by atoms with E-state index < -0.39 is 0 Å². The van der Waals surface area contributed by atoms with Crippen LogP contribution in [0.4, 0.5) is 0 Å². The number of nitrogens with one attached hydrogen (secondary N) is 1. The van der Waals surface area contributed by atoms with Crippen molar-refractivity contribution in [3.05, 3.63) is 60.3 Å². The highest BCUT2D eigenvalue weighted by Crippen LogP contribution is 2.20. The molecule has 21 heavy (non-hydrogen) atoms. The lowest BCUT2D eigenvalue weighted by Crippen LogP contribution is -2.19. The number of hydrogen-bond acceptors (Lipinski definition) is 3. The topological polar surface area (TPSA) is 54.9 Å². The van der Waals surface area contributed by atoms with Crippen molar-refractivity contribution < 1.29 is 4.79 Å². The highest BCUT2D eigenvalue weighted by molar-refractivity contribution is 5.79. The van der Waals surface area contributed by atoms with Crippen molar-refractivity contribution in [2.24, 2.45) is 0 Å². The first kappa shape index (κ1) is 13.2. The third-order valence-electron chi connectivity index (χ3n) is 3.36. The van der Waals surface area contributed by atoms with Crippen LogP contribution in [0.3, 0.4) is 0 Å². The SMILES string of the molecule is CNC(=O)Cc1ccc(-c2ccc3cccnc3n2)cc1. The second-order valence-electron chi connectivity index (χ2n) is 4.79. The summed E-state index contributed by atoms with van der Waals surface area (Å²) in [4.78, 5) is 20.2. The van der Waals surface area contributed by atoms with Crippen LogP contribution in [0.2, 0.25) is 0 Å². The van der Waals surface area contributed by atoms with E-state index in [1.807, 2.05) is 48.5 Å². The Bertz CT molecular complexity index is 781. The van der Waals surface area contributed by atoms with E-state index in [4.69, 9.17) is 0 Å². The van der Waals surface area contributed by atoms with Gasteiger partial charge in [0.05, 0.1) is 12.1 Å². The summed E-state index contributed by atoms with van der Waals surface area (Å²) >= 11 is 0. The maximum atomic E-state index is 11.4. The molecule has 2 aromatic heterocycles. The van der Waals surface area contributed by atoms with Gasteiger partial charge in [-0.25, -0.2) is 9.97 Å². The second kappa shape index (κ2) is 5.71. The van der Waals surface area contributed by atoms with Crippen LogP contribution in [-0.2, 0) is 11.2 Å². The Balaban J connectivity index is 1.90. The van der Waals surface area contributed by atoms with Gasteiger partial charge in [0.1, 0.15) is 0 Å². The number of carbonyl (C=O) groups is 1. The van der Waals surface area contributed by atoms with E-state index in [2.05, 4.69) is 15.3 Å². The molecule has 1 amide bonds. The average molecular weight is 277 g/mol. The Morgan fingerprint density at radius 3 is 2.67 bits per heavy atom. The molecule has 0 atom stereocenters. The molecule has 104 valence electrons. The van der Waals surface area contributed by atoms with Gasteiger partial charge in [-0.1, -0.05) is 24.3 Å². The van der Waals surface area contributed by atoms with Crippen LogP contribution >= 0.6 is 0 Å². The maximum absolute atomic E-state index is 11.4. The van der Waals surface area contributed by atoms with E-state index in [1.54, 1.807) is 13.2 Å². The number of nitrogens with zero attached hydrogens (tertiary/aromatic N) is 2. The van der Waals surface area contributed by atoms with Crippen LogP contribution in [0.5, 0.6) is 0 Å². The van der Waals surface area contributed by atoms with Gasteiger partial charge in [0.2, 0.25) is 5.91 Å². The fourth-order valence-corrected chi connectivity index (χ4v) is 2.18. The number of hydrogen-bond donors (Lipinski definition) is 1. The molecule has 0 bridgehead atoms. The van der Waals surface area contributed by atoms with E-state index >= 15 is 0 Å². The molecule has 4 nitrogen and oxygen atoms in total. The summed E-state index contributed by atoms with van der Waals surface area (Å²) in [5, 5.41) is 3.65. The minimum atomic E-state index is 0.00998. The standard InChI is InChI=1S/C17H15N3O/c1-18-16(21)11-12-4-6-13(7-5-12)15-9-8-14-3-2-10-19-17(14)20-15/h2-10H,11H2,1H3,(H,18,21). The fraction of sp³-hybridized carbons (Fsp3) is 0.118. The quantitative estimate of drug-likeness (QED) is 0.800. The largest absolute Gasteiger partial charge is 0.359 e. The Morgan fingerprint density at radius 1 is 1.10 bits per heavy atom. The number of benzene rings is 1. The zero-order valence-corrected chi connectivity index (χ0v) is 11.7. The van der Waals surface area contributed by atoms with Crippen LogP contribution in [0.15, 0.2) is 54.7 Å². The predicted octanol–water partition coefficient (Wildman–Crippen LogP) is 2.59. The molecule has 0 aliphatic heterocycles. The molecule has 0 radical (unpaired) electrons. The number of amides is 1. The van der Waals surface area contributed by atoms with Gasteiger partial charge in [-0.3, -0.25) is 4.79 Å². The first-order valence-electron chi connectivity index (χ1n) is 6.78. The molecule has 1 N–H and O–H groups in total. The molecular weight excluding hydrogens is 262 g/mol. The van der Waals surface area contributed by atoms with Crippen molar-refractivity contribution in [1.29, 1.82) is 0 Å². The van der Waals surface area contributed by atoms with Gasteiger partial charge >= 0.3 is 0 Å². The van der Waals surface area contributed by atoms with Crippen LogP contribution in [-0.4, -0.2) is 22.9 Å². The van der Waals surface area contributed by atoms with Gasteiger partial charge in [-0.15, -0.1) is 0 Å². The lowest BCUT2D eigenvalue weighted by molar-refractivity contribution is -0.119. The summed E-state index contributed by atoms with van der Waals surface area (Å²) in [5.74, 6) is 0.00998. The number of rotatable bonds is 3. The van der Waals surface area contributed by atoms with Crippen molar-refractivity contribution in [3.8, 4) is 11.3 Å². The lowest BCUT2D eigenvalue weighted by Gasteiger charge is -2.05. The van der Waals surface area contributed by atoms with Crippen LogP contribution in [0.25, 0.3) is 22.3 Å². The van der Waals surface area contributed by atoms with Gasteiger partial charge in [-0.05, 0) is 29.8 Å². The minimum Gasteiger partial charge on any atom is -0.359 e. The van der Waals surface area contributed by atoms with Crippen molar-refractivity contribution in [3.63, 3.8) is 0 Å². The molecule has 3 aromatic rings. The number of carbonyl (C=O) groups excluding carboxylic acids is 1. The van der Waals surface area contributed by atoms with E-state index in [0.717, 1.165) is 27.9 Å². The third kappa shape index (κ3) is 2.89. The normalized spacial score (nSPS) is 10.5. The van der Waals surface area contributed by atoms with E-state index in [-0.39, 0.29) is 5.91 Å². The molecule has 0 saturated heterocycles. The summed E-state index contributed by atoms with van der Waals surface area (Å²) in [6.07, 6.45) is 2.13. The zero-order chi connectivity index (χ0) is 14.7. The Morgan fingerprint density at radius 2 is 1.90 bits per heavy atom. The van der Waals surface area contributed by atoms with E-state index in [9.17, 15) is 4.79 Å². The summed E-state index contributed by atoms with van der Waals surface area (Å²) in [6.45, 7) is 0. The lowest BCUT2D eigenvalue weighted by atomic mass is 10.1. The molecule has 0 unspecified atom stereocenters. The van der Waals surface area contributed by atoms with Gasteiger partial charge < -0.3 is 5.32 Å². The zero-order valence-electron chi connectivity index (χ0n) is 11.7. The number of likely N-dealkylation sites (N-methyl/N-ethyl adjacent to an activating group) is 1. The van der Waals surface area contributed by atoms with Crippen LogP contribution < -0.4 is 5.32 Å². The molecule has 0 saturated carbocycles. The van der Waals surface area contributed by atoms with Crippen LogP contribution in [0.1, 0.15) is 5.56 Å². The summed E-state index contributed by atoms with van der Waals surface area (Å²) in [7, 11) is 1.64. The molecule has 0 spiro atoms. The van der Waals surface area contributed by atoms with Crippen molar-refractivity contribution in [1.82, 2.24) is 15.3 Å². The monoisotopic (exact) mass is 277 g/mol. The van der Waals surface area contributed by atoms with Crippen molar-refractivity contribution in [2.45, 2.75) is 6.42 Å². The molecule has 1 aromatic carbocycles. The number of aromatic nitrogens is 2. The number of fused-ring (bicyclic) bond motifs is 1. The highest BCUT2D eigenvalue weighted by Gasteiger charge is 2.04. The Labute approximate surface area is 122 Å². The second-order valence-corrected chi connectivity index (χ2v) is 4.79. The molecular formula is C17H15N3O.